The number of hydrogen-bond donors (Lipinski definition) is 0. The van der Waals surface area contributed by atoms with Crippen LogP contribution in [0.5, 0.6) is 17.2 Å². The molecule has 0 aromatic heterocycles. The first kappa shape index (κ1) is 30.7. The summed E-state index contributed by atoms with van der Waals surface area (Å²) in [5.74, 6) is -1.72. The number of methoxy groups -OCH3 is 5. The van der Waals surface area contributed by atoms with Gasteiger partial charge in [0.15, 0.2) is 17.4 Å². The molecule has 11 heteroatoms. The molecule has 1 heterocycles. The fraction of sp³-hybridized carbons (Fsp3) is 0.419. The lowest BCUT2D eigenvalue weighted by molar-refractivity contribution is -0.158. The summed E-state index contributed by atoms with van der Waals surface area (Å²) in [5, 5.41) is 0. The van der Waals surface area contributed by atoms with E-state index >= 15 is 0 Å². The van der Waals surface area contributed by atoms with E-state index in [2.05, 4.69) is 0 Å². The Labute approximate surface area is 243 Å². The Hall–Kier alpha value is -4.22. The van der Waals surface area contributed by atoms with Gasteiger partial charge in [0, 0.05) is 35.6 Å². The highest BCUT2D eigenvalue weighted by molar-refractivity contribution is 6.30. The van der Waals surface area contributed by atoms with E-state index < -0.39 is 23.3 Å². The largest absolute Gasteiger partial charge is 0.500 e. The third-order valence-corrected chi connectivity index (χ3v) is 7.34. The number of carbonyl (C=O) groups is 4. The molecule has 0 radical (unpaired) electrons. The third kappa shape index (κ3) is 6.02. The normalized spacial score (nSPS) is 15.5. The van der Waals surface area contributed by atoms with Crippen molar-refractivity contribution in [1.82, 2.24) is 0 Å². The van der Waals surface area contributed by atoms with Gasteiger partial charge in [-0.3, -0.25) is 14.4 Å². The number of benzene rings is 2. The number of aryl methyl sites for hydroxylation is 1. The molecule has 2 aliphatic rings. The minimum absolute atomic E-state index is 0.0191. The molecule has 1 saturated heterocycles. The van der Waals surface area contributed by atoms with E-state index in [1.165, 1.54) is 53.8 Å². The van der Waals surface area contributed by atoms with Gasteiger partial charge in [0.1, 0.15) is 28.8 Å². The Morgan fingerprint density at radius 3 is 2.14 bits per heavy atom. The molecule has 0 spiro atoms. The van der Waals surface area contributed by atoms with E-state index in [4.69, 9.17) is 33.2 Å². The fourth-order valence-electron chi connectivity index (χ4n) is 5.28. The summed E-state index contributed by atoms with van der Waals surface area (Å²) in [6, 6.07) is 4.62. The molecule has 1 fully saturated rings. The van der Waals surface area contributed by atoms with Gasteiger partial charge < -0.3 is 33.2 Å². The van der Waals surface area contributed by atoms with Crippen LogP contribution < -0.4 is 14.2 Å². The molecule has 42 heavy (non-hydrogen) atoms. The third-order valence-electron chi connectivity index (χ3n) is 7.34. The second-order valence-corrected chi connectivity index (χ2v) is 9.94. The van der Waals surface area contributed by atoms with Gasteiger partial charge >= 0.3 is 5.97 Å². The molecule has 1 aliphatic carbocycles. The monoisotopic (exact) mass is 582 g/mol. The van der Waals surface area contributed by atoms with Gasteiger partial charge in [0.2, 0.25) is 0 Å². The minimum Gasteiger partial charge on any atom is -0.500 e. The van der Waals surface area contributed by atoms with Gasteiger partial charge in [0.05, 0.1) is 72.4 Å². The molecule has 0 unspecified atom stereocenters. The van der Waals surface area contributed by atoms with E-state index in [9.17, 15) is 19.2 Å². The average Bonchev–Trinajstić information content (AvgIpc) is 3.42. The summed E-state index contributed by atoms with van der Waals surface area (Å²) in [6.07, 6.45) is 1.56. The van der Waals surface area contributed by atoms with E-state index in [-0.39, 0.29) is 71.0 Å². The molecule has 1 aliphatic heterocycles. The van der Waals surface area contributed by atoms with Crippen molar-refractivity contribution in [3.8, 4) is 17.2 Å². The van der Waals surface area contributed by atoms with Crippen molar-refractivity contribution in [1.29, 1.82) is 0 Å². The van der Waals surface area contributed by atoms with Crippen LogP contribution >= 0.6 is 0 Å². The van der Waals surface area contributed by atoms with Crippen molar-refractivity contribution in [3.05, 3.63) is 63.4 Å². The molecule has 11 nitrogen and oxygen atoms in total. The Balaban J connectivity index is 1.84. The molecule has 4 rings (SSSR count). The zero-order chi connectivity index (χ0) is 30.6. The number of fused-ring (bicyclic) bond motifs is 2. The SMILES string of the molecule is COC(=O)/C=C(\Cc1c(CCC(=O)CC2(C)OCCO2)cc2c(c1OC)C(=O)c1cc(OC)cc(OC)c1C2=O)OC. The van der Waals surface area contributed by atoms with Crippen molar-refractivity contribution in [2.45, 2.75) is 38.4 Å². The first-order chi connectivity index (χ1) is 20.1. The maximum atomic E-state index is 14.0. The van der Waals surface area contributed by atoms with Crippen LogP contribution in [0.4, 0.5) is 0 Å². The summed E-state index contributed by atoms with van der Waals surface area (Å²) in [7, 11) is 6.88. The zero-order valence-corrected chi connectivity index (χ0v) is 24.5. The summed E-state index contributed by atoms with van der Waals surface area (Å²) in [4.78, 5) is 52.9. The smallest absolute Gasteiger partial charge is 0.333 e. The van der Waals surface area contributed by atoms with Gasteiger partial charge in [0.25, 0.3) is 0 Å². The van der Waals surface area contributed by atoms with E-state index in [1.54, 1.807) is 13.0 Å². The van der Waals surface area contributed by atoms with Crippen molar-refractivity contribution in [3.63, 3.8) is 0 Å². The number of esters is 1. The highest BCUT2D eigenvalue weighted by Gasteiger charge is 2.38. The van der Waals surface area contributed by atoms with Crippen molar-refractivity contribution in [2.24, 2.45) is 0 Å². The fourth-order valence-corrected chi connectivity index (χ4v) is 5.28. The quantitative estimate of drug-likeness (QED) is 0.177. The summed E-state index contributed by atoms with van der Waals surface area (Å²) in [5.41, 5.74) is 1.45. The predicted octanol–water partition coefficient (Wildman–Crippen LogP) is 3.39. The summed E-state index contributed by atoms with van der Waals surface area (Å²) in [6.45, 7) is 2.54. The highest BCUT2D eigenvalue weighted by atomic mass is 16.7. The number of ether oxygens (including phenoxy) is 7. The molecular formula is C31H34O11. The molecule has 0 atom stereocenters. The highest BCUT2D eigenvalue weighted by Crippen LogP contribution is 2.42. The van der Waals surface area contributed by atoms with Gasteiger partial charge in [-0.15, -0.1) is 0 Å². The van der Waals surface area contributed by atoms with Crippen LogP contribution in [0.25, 0.3) is 0 Å². The van der Waals surface area contributed by atoms with E-state index in [0.29, 0.717) is 30.1 Å². The Morgan fingerprint density at radius 1 is 0.881 bits per heavy atom. The van der Waals surface area contributed by atoms with Gasteiger partial charge in [-0.05, 0) is 31.0 Å². The van der Waals surface area contributed by atoms with E-state index in [0.717, 1.165) is 0 Å². The number of Topliss-reactive ketones (excluding diaryl/α,β-unsaturated/α-hetero) is 1. The van der Waals surface area contributed by atoms with Gasteiger partial charge in [-0.25, -0.2) is 4.79 Å². The topological polar surface area (TPSA) is 133 Å². The van der Waals surface area contributed by atoms with Crippen LogP contribution in [-0.4, -0.2) is 77.9 Å². The lowest BCUT2D eigenvalue weighted by Crippen LogP contribution is -2.29. The molecule has 2 aromatic rings. The van der Waals surface area contributed by atoms with E-state index in [1.807, 2.05) is 0 Å². The van der Waals surface area contributed by atoms with Gasteiger partial charge in [-0.2, -0.15) is 0 Å². The van der Waals surface area contributed by atoms with Crippen molar-refractivity contribution >= 4 is 23.3 Å². The van der Waals surface area contributed by atoms with Crippen LogP contribution in [0.3, 0.4) is 0 Å². The second kappa shape index (κ2) is 12.7. The first-order valence-electron chi connectivity index (χ1n) is 13.3. The van der Waals surface area contributed by atoms with Crippen LogP contribution in [0.1, 0.15) is 62.7 Å². The van der Waals surface area contributed by atoms with Crippen LogP contribution in [-0.2, 0) is 41.4 Å². The molecule has 2 aromatic carbocycles. The minimum atomic E-state index is -0.983. The Morgan fingerprint density at radius 2 is 1.55 bits per heavy atom. The van der Waals surface area contributed by atoms with Crippen molar-refractivity contribution in [2.75, 3.05) is 48.8 Å². The lowest BCUT2D eigenvalue weighted by atomic mass is 9.79. The van der Waals surface area contributed by atoms with Crippen molar-refractivity contribution < 1.29 is 52.3 Å². The standard InChI is InChI=1S/C31H34O11/c1-31(41-9-10-42-31)16-18(32)8-7-17-11-22-27(30(40-6)21(17)12-20(37-3)15-25(33)39-5)29(35)23-13-19(36-2)14-24(38-4)26(23)28(22)34/h11,13-15H,7-10,12,16H2,1-6H3/b20-15+. The number of allylic oxidation sites excluding steroid dienone is 1. The molecule has 0 N–H and O–H groups in total. The Kier molecular flexibility index (Phi) is 9.33. The maximum absolute atomic E-state index is 14.0. The molecule has 224 valence electrons. The summed E-state index contributed by atoms with van der Waals surface area (Å²) < 4.78 is 37.9. The first-order valence-corrected chi connectivity index (χ1v) is 13.3. The molecule has 0 saturated carbocycles. The lowest BCUT2D eigenvalue weighted by Gasteiger charge is -2.26. The molecule has 0 bridgehead atoms. The molecule has 0 amide bonds. The van der Waals surface area contributed by atoms with Gasteiger partial charge in [-0.1, -0.05) is 0 Å². The van der Waals surface area contributed by atoms with Crippen LogP contribution in [0.15, 0.2) is 30.0 Å². The summed E-state index contributed by atoms with van der Waals surface area (Å²) >= 11 is 0. The number of carbonyl (C=O) groups excluding carboxylic acids is 4. The predicted molar refractivity (Wildman–Crippen MR) is 148 cm³/mol. The van der Waals surface area contributed by atoms with Crippen LogP contribution in [0.2, 0.25) is 0 Å². The zero-order valence-electron chi connectivity index (χ0n) is 24.5. The molecular weight excluding hydrogens is 548 g/mol. The Bertz CT molecular complexity index is 1450. The number of rotatable bonds is 12. The maximum Gasteiger partial charge on any atom is 0.333 e. The second-order valence-electron chi connectivity index (χ2n) is 9.94. The number of hydrogen-bond acceptors (Lipinski definition) is 11. The number of ketones is 3. The average molecular weight is 583 g/mol. The van der Waals surface area contributed by atoms with Crippen LogP contribution in [0, 0.1) is 0 Å².